The highest BCUT2D eigenvalue weighted by molar-refractivity contribution is 5.69. The zero-order valence-corrected chi connectivity index (χ0v) is 12.8. The topological polar surface area (TPSA) is 67.8 Å². The molecule has 0 radical (unpaired) electrons. The van der Waals surface area contributed by atoms with Crippen LogP contribution in [0.5, 0.6) is 0 Å². The number of amides is 1. The number of alkyl carbamates (subject to hydrolysis) is 1. The average molecular weight is 293 g/mol. The molecule has 5 nitrogen and oxygen atoms in total. The molecule has 0 aromatic heterocycles. The van der Waals surface area contributed by atoms with Crippen molar-refractivity contribution in [1.29, 1.82) is 0 Å². The smallest absolute Gasteiger partial charge is 0.408 e. The Morgan fingerprint density at radius 1 is 1.43 bits per heavy atom. The van der Waals surface area contributed by atoms with Gasteiger partial charge in [-0.05, 0) is 32.8 Å². The second-order valence-electron chi connectivity index (χ2n) is 6.42. The van der Waals surface area contributed by atoms with E-state index < -0.39 is 23.5 Å². The zero-order chi connectivity index (χ0) is 15.5. The van der Waals surface area contributed by atoms with Crippen LogP contribution in [0.3, 0.4) is 0 Å². The van der Waals surface area contributed by atoms with Crippen molar-refractivity contribution in [1.82, 2.24) is 5.32 Å². The van der Waals surface area contributed by atoms with Gasteiger partial charge in [-0.2, -0.15) is 0 Å². The van der Waals surface area contributed by atoms with E-state index in [9.17, 15) is 9.90 Å². The Morgan fingerprint density at radius 2 is 2.10 bits per heavy atom. The van der Waals surface area contributed by atoms with Crippen LogP contribution < -0.4 is 5.32 Å². The first-order chi connectivity index (χ1) is 9.81. The minimum Gasteiger partial charge on any atom is -0.444 e. The summed E-state index contributed by atoms with van der Waals surface area (Å²) < 4.78 is 10.6. The highest BCUT2D eigenvalue weighted by Crippen LogP contribution is 2.29. The van der Waals surface area contributed by atoms with Gasteiger partial charge in [0.25, 0.3) is 0 Å². The van der Waals surface area contributed by atoms with Crippen molar-refractivity contribution < 1.29 is 19.4 Å². The van der Waals surface area contributed by atoms with E-state index in [2.05, 4.69) is 5.32 Å². The first-order valence-electron chi connectivity index (χ1n) is 7.15. The molecule has 1 heterocycles. The molecule has 1 saturated heterocycles. The summed E-state index contributed by atoms with van der Waals surface area (Å²) in [5.74, 6) is 0. The zero-order valence-electron chi connectivity index (χ0n) is 12.8. The lowest BCUT2D eigenvalue weighted by atomic mass is 9.88. The number of aliphatic hydroxyl groups excluding tert-OH is 1. The Hall–Kier alpha value is -1.59. The van der Waals surface area contributed by atoms with Gasteiger partial charge < -0.3 is 19.9 Å². The SMILES string of the molecule is CC(C)(C)OC(=O)NC1(Cc2ccccc2)CCOC1O. The van der Waals surface area contributed by atoms with E-state index >= 15 is 0 Å². The molecule has 2 N–H and O–H groups in total. The van der Waals surface area contributed by atoms with Crippen LogP contribution in [0.1, 0.15) is 32.8 Å². The van der Waals surface area contributed by atoms with Crippen LogP contribution in [0.4, 0.5) is 4.79 Å². The molecule has 0 spiro atoms. The monoisotopic (exact) mass is 293 g/mol. The van der Waals surface area contributed by atoms with Crippen molar-refractivity contribution in [2.75, 3.05) is 6.61 Å². The summed E-state index contributed by atoms with van der Waals surface area (Å²) >= 11 is 0. The van der Waals surface area contributed by atoms with Crippen molar-refractivity contribution in [3.63, 3.8) is 0 Å². The van der Waals surface area contributed by atoms with E-state index in [1.54, 1.807) is 20.8 Å². The van der Waals surface area contributed by atoms with E-state index in [0.717, 1.165) is 5.56 Å². The van der Waals surface area contributed by atoms with Crippen molar-refractivity contribution >= 4 is 6.09 Å². The van der Waals surface area contributed by atoms with Crippen molar-refractivity contribution in [3.05, 3.63) is 35.9 Å². The molecule has 2 rings (SSSR count). The van der Waals surface area contributed by atoms with Gasteiger partial charge in [-0.1, -0.05) is 30.3 Å². The Bertz CT molecular complexity index is 483. The number of hydrogen-bond acceptors (Lipinski definition) is 4. The molecule has 2 atom stereocenters. The van der Waals surface area contributed by atoms with Gasteiger partial charge in [-0.3, -0.25) is 0 Å². The number of nitrogens with one attached hydrogen (secondary N) is 1. The van der Waals surface area contributed by atoms with Gasteiger partial charge in [0.1, 0.15) is 11.1 Å². The van der Waals surface area contributed by atoms with Crippen molar-refractivity contribution in [2.24, 2.45) is 0 Å². The molecule has 5 heteroatoms. The van der Waals surface area contributed by atoms with Gasteiger partial charge in [0.15, 0.2) is 6.29 Å². The summed E-state index contributed by atoms with van der Waals surface area (Å²) in [7, 11) is 0. The van der Waals surface area contributed by atoms with E-state index in [4.69, 9.17) is 9.47 Å². The van der Waals surface area contributed by atoms with E-state index in [1.807, 2.05) is 30.3 Å². The van der Waals surface area contributed by atoms with Crippen LogP contribution >= 0.6 is 0 Å². The Morgan fingerprint density at radius 3 is 2.62 bits per heavy atom. The fraction of sp³-hybridized carbons (Fsp3) is 0.562. The van der Waals surface area contributed by atoms with Crippen molar-refractivity contribution in [2.45, 2.75) is 51.0 Å². The molecular formula is C16H23NO4. The molecule has 0 saturated carbocycles. The summed E-state index contributed by atoms with van der Waals surface area (Å²) in [4.78, 5) is 12.1. The van der Waals surface area contributed by atoms with E-state index in [1.165, 1.54) is 0 Å². The van der Waals surface area contributed by atoms with Gasteiger partial charge in [-0.15, -0.1) is 0 Å². The van der Waals surface area contributed by atoms with Crippen LogP contribution in [-0.2, 0) is 15.9 Å². The van der Waals surface area contributed by atoms with Gasteiger partial charge >= 0.3 is 6.09 Å². The molecule has 1 aliphatic heterocycles. The number of hydrogen-bond donors (Lipinski definition) is 2. The van der Waals surface area contributed by atoms with Gasteiger partial charge in [0.05, 0.1) is 6.61 Å². The van der Waals surface area contributed by atoms with Crippen LogP contribution in [0, 0.1) is 0 Å². The standard InChI is InChI=1S/C16H23NO4/c1-15(2,3)21-14(19)17-16(9-10-20-13(16)18)11-12-7-5-4-6-8-12/h4-8,13,18H,9-11H2,1-3H3,(H,17,19). The molecule has 2 unspecified atom stereocenters. The van der Waals surface area contributed by atoms with Crippen LogP contribution in [0.15, 0.2) is 30.3 Å². The molecule has 1 aromatic rings. The molecule has 0 aliphatic carbocycles. The third-order valence-electron chi connectivity index (χ3n) is 3.41. The lowest BCUT2D eigenvalue weighted by molar-refractivity contribution is -0.0989. The maximum absolute atomic E-state index is 12.1. The maximum atomic E-state index is 12.1. The Kier molecular flexibility index (Phi) is 4.54. The van der Waals surface area contributed by atoms with Crippen LogP contribution in [0.25, 0.3) is 0 Å². The number of benzene rings is 1. The maximum Gasteiger partial charge on any atom is 0.408 e. The summed E-state index contributed by atoms with van der Waals surface area (Å²) in [5.41, 5.74) is -0.398. The quantitative estimate of drug-likeness (QED) is 0.897. The summed E-state index contributed by atoms with van der Waals surface area (Å²) in [5, 5.41) is 13.0. The normalized spacial score (nSPS) is 25.6. The third kappa shape index (κ3) is 4.19. The second-order valence-corrected chi connectivity index (χ2v) is 6.42. The Balaban J connectivity index is 2.13. The highest BCUT2D eigenvalue weighted by Gasteiger charge is 2.45. The number of rotatable bonds is 3. The average Bonchev–Trinajstić information content (AvgIpc) is 2.69. The van der Waals surface area contributed by atoms with Gasteiger partial charge in [0, 0.05) is 6.42 Å². The minimum absolute atomic E-state index is 0.407. The number of ether oxygens (including phenoxy) is 2. The molecule has 21 heavy (non-hydrogen) atoms. The summed E-state index contributed by atoms with van der Waals surface area (Å²) in [6, 6.07) is 9.71. The minimum atomic E-state index is -1.04. The fourth-order valence-electron chi connectivity index (χ4n) is 2.45. The first kappa shape index (κ1) is 15.8. The fourth-order valence-corrected chi connectivity index (χ4v) is 2.45. The molecule has 0 bridgehead atoms. The van der Waals surface area contributed by atoms with Crippen molar-refractivity contribution in [3.8, 4) is 0 Å². The molecule has 1 aliphatic rings. The first-order valence-corrected chi connectivity index (χ1v) is 7.15. The van der Waals surface area contributed by atoms with Crippen LogP contribution in [0.2, 0.25) is 0 Å². The van der Waals surface area contributed by atoms with Gasteiger partial charge in [-0.25, -0.2) is 4.79 Å². The molecule has 1 aromatic carbocycles. The molecule has 116 valence electrons. The molecular weight excluding hydrogens is 270 g/mol. The largest absolute Gasteiger partial charge is 0.444 e. The lowest BCUT2D eigenvalue weighted by Gasteiger charge is -2.33. The predicted molar refractivity (Wildman–Crippen MR) is 78.8 cm³/mol. The highest BCUT2D eigenvalue weighted by atomic mass is 16.6. The number of aliphatic hydroxyl groups is 1. The predicted octanol–water partition coefficient (Wildman–Crippen LogP) is 2.23. The third-order valence-corrected chi connectivity index (χ3v) is 3.41. The Labute approximate surface area is 125 Å². The lowest BCUT2D eigenvalue weighted by Crippen LogP contribution is -2.56. The second kappa shape index (κ2) is 6.03. The van der Waals surface area contributed by atoms with Gasteiger partial charge in [0.2, 0.25) is 0 Å². The number of carbonyl (C=O) groups is 1. The molecule has 1 amide bonds. The number of carbonyl (C=O) groups excluding carboxylic acids is 1. The van der Waals surface area contributed by atoms with E-state index in [-0.39, 0.29) is 0 Å². The van der Waals surface area contributed by atoms with Crippen LogP contribution in [-0.4, -0.2) is 35.2 Å². The molecule has 1 fully saturated rings. The van der Waals surface area contributed by atoms with E-state index in [0.29, 0.717) is 19.4 Å². The summed E-state index contributed by atoms with van der Waals surface area (Å²) in [6.07, 6.45) is -0.537. The summed E-state index contributed by atoms with van der Waals surface area (Å²) in [6.45, 7) is 5.82.